The maximum absolute atomic E-state index is 13.8. The number of hydrogen-bond acceptors (Lipinski definition) is 3. The maximum Gasteiger partial charge on any atom is 0.255 e. The third-order valence-electron chi connectivity index (χ3n) is 3.74. The van der Waals surface area contributed by atoms with Crippen LogP contribution in [-0.4, -0.2) is 49.2 Å². The van der Waals surface area contributed by atoms with Crippen molar-refractivity contribution < 1.29 is 13.9 Å². The number of carbonyl (C=O) groups excluding carboxylic acids is 1. The summed E-state index contributed by atoms with van der Waals surface area (Å²) < 4.78 is 19.6. The van der Waals surface area contributed by atoms with E-state index in [9.17, 15) is 9.18 Å². The number of halogens is 2. The molecule has 0 spiro atoms. The van der Waals surface area contributed by atoms with E-state index in [1.54, 1.807) is 12.1 Å². The molecule has 4 nitrogen and oxygen atoms in total. The quantitative estimate of drug-likeness (QED) is 0.898. The van der Waals surface area contributed by atoms with Crippen molar-refractivity contribution >= 4 is 21.8 Å². The summed E-state index contributed by atoms with van der Waals surface area (Å²) in [4.78, 5) is 14.5. The largest absolute Gasteiger partial charge is 0.379 e. The fourth-order valence-electron chi connectivity index (χ4n) is 2.38. The van der Waals surface area contributed by atoms with Gasteiger partial charge in [-0.1, -0.05) is 6.07 Å². The van der Waals surface area contributed by atoms with Gasteiger partial charge in [0.05, 0.1) is 18.8 Å². The van der Waals surface area contributed by atoms with E-state index in [0.29, 0.717) is 24.2 Å². The molecule has 0 aromatic heterocycles. The Labute approximate surface area is 132 Å². The molecule has 1 aromatic rings. The van der Waals surface area contributed by atoms with E-state index in [4.69, 9.17) is 4.74 Å². The minimum atomic E-state index is -0.522. The van der Waals surface area contributed by atoms with Crippen LogP contribution in [0.1, 0.15) is 24.2 Å². The van der Waals surface area contributed by atoms with Crippen LogP contribution in [0.4, 0.5) is 4.39 Å². The summed E-state index contributed by atoms with van der Waals surface area (Å²) in [6, 6.07) is 4.51. The van der Waals surface area contributed by atoms with Crippen LogP contribution in [0.2, 0.25) is 0 Å². The molecule has 0 aliphatic carbocycles. The normalized spacial score (nSPS) is 16.8. The van der Waals surface area contributed by atoms with Crippen molar-refractivity contribution in [1.82, 2.24) is 10.2 Å². The molecule has 0 saturated carbocycles. The Balaban J connectivity index is 2.00. The summed E-state index contributed by atoms with van der Waals surface area (Å²) in [7, 11) is 0. The molecule has 1 fully saturated rings. The lowest BCUT2D eigenvalue weighted by atomic mass is 10.0. The number of rotatable bonds is 4. The van der Waals surface area contributed by atoms with Gasteiger partial charge in [-0.05, 0) is 41.9 Å². The lowest BCUT2D eigenvalue weighted by Gasteiger charge is -2.40. The number of ether oxygens (including phenoxy) is 1. The van der Waals surface area contributed by atoms with Gasteiger partial charge in [0, 0.05) is 29.6 Å². The Morgan fingerprint density at radius 1 is 1.43 bits per heavy atom. The maximum atomic E-state index is 13.8. The molecular formula is C15H20BrFN2O2. The van der Waals surface area contributed by atoms with E-state index < -0.39 is 11.7 Å². The lowest BCUT2D eigenvalue weighted by Crippen LogP contribution is -2.55. The molecule has 1 aliphatic heterocycles. The highest BCUT2D eigenvalue weighted by Gasteiger charge is 2.29. The first-order valence-electron chi connectivity index (χ1n) is 6.97. The second kappa shape index (κ2) is 6.85. The minimum Gasteiger partial charge on any atom is -0.379 e. The molecule has 6 heteroatoms. The number of nitrogens with zero attached hydrogens (tertiary/aromatic N) is 1. The summed E-state index contributed by atoms with van der Waals surface area (Å²) >= 11 is 3.22. The zero-order valence-corrected chi connectivity index (χ0v) is 13.9. The van der Waals surface area contributed by atoms with Crippen molar-refractivity contribution in [1.29, 1.82) is 0 Å². The highest BCUT2D eigenvalue weighted by molar-refractivity contribution is 9.10. The van der Waals surface area contributed by atoms with Crippen LogP contribution in [-0.2, 0) is 4.74 Å². The molecule has 1 saturated heterocycles. The van der Waals surface area contributed by atoms with Crippen molar-refractivity contribution in [3.8, 4) is 0 Å². The Morgan fingerprint density at radius 2 is 2.10 bits per heavy atom. The van der Waals surface area contributed by atoms with Crippen LogP contribution in [0.25, 0.3) is 0 Å². The molecule has 1 N–H and O–H groups in total. The standard InChI is InChI=1S/C15H20BrFN2O2/c1-15(2,19-6-8-21-9-7-19)10-18-14(20)13-11(16)4-3-5-12(13)17/h3-5H,6-10H2,1-2H3,(H,18,20). The van der Waals surface area contributed by atoms with Gasteiger partial charge in [-0.15, -0.1) is 0 Å². The van der Waals surface area contributed by atoms with Crippen molar-refractivity contribution in [2.75, 3.05) is 32.8 Å². The molecule has 2 rings (SSSR count). The summed E-state index contributed by atoms with van der Waals surface area (Å²) in [5.41, 5.74) is -0.146. The van der Waals surface area contributed by atoms with Crippen LogP contribution in [0.15, 0.2) is 22.7 Å². The van der Waals surface area contributed by atoms with Gasteiger partial charge in [-0.2, -0.15) is 0 Å². The third-order valence-corrected chi connectivity index (χ3v) is 4.40. The van der Waals surface area contributed by atoms with Gasteiger partial charge in [0.15, 0.2) is 0 Å². The Hall–Kier alpha value is -0.980. The molecule has 21 heavy (non-hydrogen) atoms. The van der Waals surface area contributed by atoms with E-state index >= 15 is 0 Å². The summed E-state index contributed by atoms with van der Waals surface area (Å²) in [5, 5.41) is 2.83. The highest BCUT2D eigenvalue weighted by atomic mass is 79.9. The molecule has 1 amide bonds. The second-order valence-electron chi connectivity index (χ2n) is 5.69. The molecule has 0 radical (unpaired) electrons. The molecule has 0 bridgehead atoms. The Bertz CT molecular complexity index is 496. The molecule has 1 aromatic carbocycles. The topological polar surface area (TPSA) is 41.6 Å². The smallest absolute Gasteiger partial charge is 0.255 e. The Morgan fingerprint density at radius 3 is 2.71 bits per heavy atom. The Kier molecular flexibility index (Phi) is 5.35. The summed E-state index contributed by atoms with van der Waals surface area (Å²) in [6.45, 7) is 7.67. The van der Waals surface area contributed by atoms with Gasteiger partial charge in [0.2, 0.25) is 0 Å². The van der Waals surface area contributed by atoms with Gasteiger partial charge >= 0.3 is 0 Å². The number of hydrogen-bond donors (Lipinski definition) is 1. The van der Waals surface area contributed by atoms with E-state index in [-0.39, 0.29) is 11.1 Å². The predicted molar refractivity (Wildman–Crippen MR) is 82.9 cm³/mol. The molecule has 1 heterocycles. The first kappa shape index (κ1) is 16.4. The second-order valence-corrected chi connectivity index (χ2v) is 6.55. The van der Waals surface area contributed by atoms with Gasteiger partial charge in [0.1, 0.15) is 5.82 Å². The number of nitrogens with one attached hydrogen (secondary N) is 1. The van der Waals surface area contributed by atoms with E-state index in [0.717, 1.165) is 13.1 Å². The average Bonchev–Trinajstić information content (AvgIpc) is 2.46. The van der Waals surface area contributed by atoms with Crippen LogP contribution in [0, 0.1) is 5.82 Å². The molecular weight excluding hydrogens is 339 g/mol. The van der Waals surface area contributed by atoms with E-state index in [1.807, 2.05) is 0 Å². The summed E-state index contributed by atoms with van der Waals surface area (Å²) in [5.74, 6) is -0.924. The first-order valence-corrected chi connectivity index (χ1v) is 7.76. The lowest BCUT2D eigenvalue weighted by molar-refractivity contribution is -0.00924. The fourth-order valence-corrected chi connectivity index (χ4v) is 2.90. The van der Waals surface area contributed by atoms with Crippen molar-refractivity contribution in [3.63, 3.8) is 0 Å². The zero-order chi connectivity index (χ0) is 15.5. The van der Waals surface area contributed by atoms with Crippen molar-refractivity contribution in [3.05, 3.63) is 34.1 Å². The van der Waals surface area contributed by atoms with Gasteiger partial charge < -0.3 is 10.1 Å². The van der Waals surface area contributed by atoms with Crippen LogP contribution in [0.5, 0.6) is 0 Å². The van der Waals surface area contributed by atoms with Crippen molar-refractivity contribution in [2.45, 2.75) is 19.4 Å². The van der Waals surface area contributed by atoms with Gasteiger partial charge in [-0.25, -0.2) is 4.39 Å². The average molecular weight is 359 g/mol. The van der Waals surface area contributed by atoms with Gasteiger partial charge in [-0.3, -0.25) is 9.69 Å². The zero-order valence-electron chi connectivity index (χ0n) is 12.3. The molecule has 0 unspecified atom stereocenters. The van der Waals surface area contributed by atoms with Crippen LogP contribution < -0.4 is 5.32 Å². The molecule has 1 aliphatic rings. The number of morpholine rings is 1. The summed E-state index contributed by atoms with van der Waals surface area (Å²) in [6.07, 6.45) is 0. The first-order chi connectivity index (χ1) is 9.92. The van der Waals surface area contributed by atoms with Crippen LogP contribution >= 0.6 is 15.9 Å². The van der Waals surface area contributed by atoms with Crippen molar-refractivity contribution in [2.24, 2.45) is 0 Å². The van der Waals surface area contributed by atoms with E-state index in [1.165, 1.54) is 6.07 Å². The number of carbonyl (C=O) groups is 1. The number of amides is 1. The number of benzene rings is 1. The van der Waals surface area contributed by atoms with Crippen LogP contribution in [0.3, 0.4) is 0 Å². The SMILES string of the molecule is CC(C)(CNC(=O)c1c(F)cccc1Br)N1CCOCC1. The van der Waals surface area contributed by atoms with Gasteiger partial charge in [0.25, 0.3) is 5.91 Å². The highest BCUT2D eigenvalue weighted by Crippen LogP contribution is 2.20. The monoisotopic (exact) mass is 358 g/mol. The third kappa shape index (κ3) is 4.02. The predicted octanol–water partition coefficient (Wildman–Crippen LogP) is 2.43. The minimum absolute atomic E-state index is 0.0512. The molecule has 0 atom stereocenters. The fraction of sp³-hybridized carbons (Fsp3) is 0.533. The van der Waals surface area contributed by atoms with E-state index in [2.05, 4.69) is 40.0 Å². The molecule has 116 valence electrons.